The molecule has 1 atom stereocenters. The van der Waals surface area contributed by atoms with E-state index in [1.807, 2.05) is 24.3 Å². The number of methoxy groups -OCH3 is 1. The molecule has 1 aliphatic rings. The lowest BCUT2D eigenvalue weighted by atomic mass is 10.2. The molecule has 2 aromatic rings. The quantitative estimate of drug-likeness (QED) is 0.917. The molecule has 1 aromatic carbocycles. The third-order valence-electron chi connectivity index (χ3n) is 4.08. The highest BCUT2D eigenvalue weighted by atomic mass is 16.5. The number of H-pyrrole nitrogens is 1. The Morgan fingerprint density at radius 1 is 1.45 bits per heavy atom. The smallest absolute Gasteiger partial charge is 0.270 e. The lowest BCUT2D eigenvalue weighted by molar-refractivity contribution is -0.130. The first kappa shape index (κ1) is 14.7. The van der Waals surface area contributed by atoms with Crippen molar-refractivity contribution >= 4 is 16.9 Å². The number of rotatable bonds is 4. The first-order valence-electron chi connectivity index (χ1n) is 7.46. The van der Waals surface area contributed by atoms with E-state index in [1.54, 1.807) is 12.0 Å². The van der Waals surface area contributed by atoms with Crippen LogP contribution in [0.4, 0.5) is 0 Å². The number of carbonyl (C=O) groups excluding carboxylic acids is 1. The molecule has 1 aliphatic heterocycles. The number of amides is 1. The molecule has 0 radical (unpaired) electrons. The molecule has 6 nitrogen and oxygen atoms in total. The minimum atomic E-state index is -0.220. The van der Waals surface area contributed by atoms with Gasteiger partial charge in [-0.3, -0.25) is 9.59 Å². The fraction of sp³-hybridized carbons (Fsp3) is 0.438. The minimum absolute atomic E-state index is 0.0499. The van der Waals surface area contributed by atoms with Gasteiger partial charge in [0.25, 0.3) is 5.56 Å². The van der Waals surface area contributed by atoms with Gasteiger partial charge < -0.3 is 14.6 Å². The number of para-hydroxylation sites is 2. The zero-order valence-electron chi connectivity index (χ0n) is 12.5. The van der Waals surface area contributed by atoms with Crippen LogP contribution in [0.25, 0.3) is 11.0 Å². The van der Waals surface area contributed by atoms with E-state index < -0.39 is 0 Å². The van der Waals surface area contributed by atoms with Gasteiger partial charge >= 0.3 is 0 Å². The summed E-state index contributed by atoms with van der Waals surface area (Å²) in [6.07, 6.45) is 1.65. The van der Waals surface area contributed by atoms with Crippen molar-refractivity contribution in [3.63, 3.8) is 0 Å². The predicted octanol–water partition coefficient (Wildman–Crippen LogP) is 1.10. The number of aromatic nitrogens is 2. The largest absolute Gasteiger partial charge is 0.380 e. The normalized spacial score (nSPS) is 18.0. The molecule has 0 saturated carbocycles. The van der Waals surface area contributed by atoms with Crippen LogP contribution in [0.2, 0.25) is 0 Å². The molecule has 1 amide bonds. The van der Waals surface area contributed by atoms with Crippen LogP contribution in [-0.2, 0) is 16.0 Å². The molecule has 116 valence electrons. The van der Waals surface area contributed by atoms with Gasteiger partial charge in [-0.1, -0.05) is 12.1 Å². The Labute approximate surface area is 128 Å². The third kappa shape index (κ3) is 3.01. The van der Waals surface area contributed by atoms with E-state index in [1.165, 1.54) is 0 Å². The van der Waals surface area contributed by atoms with E-state index in [9.17, 15) is 9.59 Å². The summed E-state index contributed by atoms with van der Waals surface area (Å²) < 4.78 is 5.26. The topological polar surface area (TPSA) is 75.3 Å². The van der Waals surface area contributed by atoms with Crippen molar-refractivity contribution in [1.82, 2.24) is 14.9 Å². The molecule has 3 rings (SSSR count). The van der Waals surface area contributed by atoms with E-state index >= 15 is 0 Å². The van der Waals surface area contributed by atoms with E-state index in [-0.39, 0.29) is 17.6 Å². The maximum absolute atomic E-state index is 12.2. The number of aryl methyl sites for hydroxylation is 1. The lowest BCUT2D eigenvalue weighted by Gasteiger charge is -2.15. The van der Waals surface area contributed by atoms with Crippen LogP contribution in [0, 0.1) is 0 Å². The summed E-state index contributed by atoms with van der Waals surface area (Å²) in [4.78, 5) is 33.2. The van der Waals surface area contributed by atoms with Crippen LogP contribution in [-0.4, -0.2) is 47.1 Å². The summed E-state index contributed by atoms with van der Waals surface area (Å²) in [7, 11) is 1.66. The van der Waals surface area contributed by atoms with Crippen molar-refractivity contribution in [2.45, 2.75) is 25.4 Å². The number of ether oxygens (including phenoxy) is 1. The fourth-order valence-corrected chi connectivity index (χ4v) is 2.77. The number of hydrogen-bond donors (Lipinski definition) is 1. The van der Waals surface area contributed by atoms with E-state index in [4.69, 9.17) is 4.74 Å². The third-order valence-corrected chi connectivity index (χ3v) is 4.08. The molecule has 0 spiro atoms. The highest BCUT2D eigenvalue weighted by molar-refractivity contribution is 5.77. The molecule has 0 aliphatic carbocycles. The number of nitrogens with zero attached hydrogens (tertiary/aromatic N) is 2. The minimum Gasteiger partial charge on any atom is -0.380 e. The summed E-state index contributed by atoms with van der Waals surface area (Å²) in [6, 6.07) is 7.38. The summed E-state index contributed by atoms with van der Waals surface area (Å²) in [5.74, 6) is 0.0499. The second-order valence-electron chi connectivity index (χ2n) is 5.52. The van der Waals surface area contributed by atoms with Crippen molar-refractivity contribution in [3.05, 3.63) is 40.3 Å². The standard InChI is InChI=1S/C16H19N3O3/c1-22-11-8-9-19(10-11)15(20)7-6-14-16(21)18-13-5-3-2-4-12(13)17-14/h2-5,11H,6-10H2,1H3,(H,18,21)/t11-/m0/s1. The highest BCUT2D eigenvalue weighted by Gasteiger charge is 2.25. The summed E-state index contributed by atoms with van der Waals surface area (Å²) in [5, 5.41) is 0. The molecule has 6 heteroatoms. The van der Waals surface area contributed by atoms with Gasteiger partial charge in [0, 0.05) is 33.0 Å². The molecule has 2 heterocycles. The molecule has 1 N–H and O–H groups in total. The van der Waals surface area contributed by atoms with Crippen LogP contribution in [0.1, 0.15) is 18.5 Å². The van der Waals surface area contributed by atoms with Gasteiger partial charge in [-0.05, 0) is 18.6 Å². The summed E-state index contributed by atoms with van der Waals surface area (Å²) >= 11 is 0. The monoisotopic (exact) mass is 301 g/mol. The summed E-state index contributed by atoms with van der Waals surface area (Å²) in [5.41, 5.74) is 1.65. The first-order chi connectivity index (χ1) is 10.7. The number of likely N-dealkylation sites (tertiary alicyclic amines) is 1. The highest BCUT2D eigenvalue weighted by Crippen LogP contribution is 2.14. The maximum atomic E-state index is 12.2. The van der Waals surface area contributed by atoms with Crippen LogP contribution in [0.5, 0.6) is 0 Å². The SMILES string of the molecule is CO[C@H]1CCN(C(=O)CCc2nc3ccccc3[nH]c2=O)C1. The maximum Gasteiger partial charge on any atom is 0.270 e. The van der Waals surface area contributed by atoms with E-state index in [0.29, 0.717) is 30.6 Å². The van der Waals surface area contributed by atoms with Gasteiger partial charge in [0.15, 0.2) is 0 Å². The number of carbonyl (C=O) groups is 1. The first-order valence-corrected chi connectivity index (χ1v) is 7.46. The second-order valence-corrected chi connectivity index (χ2v) is 5.52. The van der Waals surface area contributed by atoms with Gasteiger partial charge in [-0.25, -0.2) is 4.98 Å². The van der Waals surface area contributed by atoms with Gasteiger partial charge in [0.2, 0.25) is 5.91 Å². The van der Waals surface area contributed by atoms with Gasteiger partial charge in [0.1, 0.15) is 5.69 Å². The van der Waals surface area contributed by atoms with Crippen molar-refractivity contribution in [2.24, 2.45) is 0 Å². The Kier molecular flexibility index (Phi) is 4.20. The molecule has 1 saturated heterocycles. The molecule has 0 bridgehead atoms. The van der Waals surface area contributed by atoms with Crippen molar-refractivity contribution in [1.29, 1.82) is 0 Å². The predicted molar refractivity (Wildman–Crippen MR) is 82.7 cm³/mol. The molecule has 0 unspecified atom stereocenters. The van der Waals surface area contributed by atoms with Crippen LogP contribution >= 0.6 is 0 Å². The van der Waals surface area contributed by atoms with Gasteiger partial charge in [0.05, 0.1) is 17.1 Å². The van der Waals surface area contributed by atoms with Crippen LogP contribution < -0.4 is 5.56 Å². The zero-order valence-corrected chi connectivity index (χ0v) is 12.5. The van der Waals surface area contributed by atoms with E-state index in [2.05, 4.69) is 9.97 Å². The average Bonchev–Trinajstić information content (AvgIpc) is 3.01. The van der Waals surface area contributed by atoms with Gasteiger partial charge in [-0.2, -0.15) is 0 Å². The summed E-state index contributed by atoms with van der Waals surface area (Å²) in [6.45, 7) is 1.36. The van der Waals surface area contributed by atoms with Gasteiger partial charge in [-0.15, -0.1) is 0 Å². The lowest BCUT2D eigenvalue weighted by Crippen LogP contribution is -2.30. The Hall–Kier alpha value is -2.21. The molecule has 1 aromatic heterocycles. The van der Waals surface area contributed by atoms with E-state index in [0.717, 1.165) is 18.5 Å². The Morgan fingerprint density at radius 2 is 2.27 bits per heavy atom. The Balaban J connectivity index is 1.67. The average molecular weight is 301 g/mol. The van der Waals surface area contributed by atoms with Crippen LogP contribution in [0.3, 0.4) is 0 Å². The number of hydrogen-bond acceptors (Lipinski definition) is 4. The Bertz CT molecular complexity index is 741. The molecular formula is C16H19N3O3. The second kappa shape index (κ2) is 6.27. The van der Waals surface area contributed by atoms with Crippen molar-refractivity contribution < 1.29 is 9.53 Å². The van der Waals surface area contributed by atoms with Crippen molar-refractivity contribution in [3.8, 4) is 0 Å². The van der Waals surface area contributed by atoms with Crippen molar-refractivity contribution in [2.75, 3.05) is 20.2 Å². The molecular weight excluding hydrogens is 282 g/mol. The molecule has 22 heavy (non-hydrogen) atoms. The Morgan fingerprint density at radius 3 is 3.05 bits per heavy atom. The number of nitrogens with one attached hydrogen (secondary N) is 1. The zero-order chi connectivity index (χ0) is 15.5. The number of benzene rings is 1. The fourth-order valence-electron chi connectivity index (χ4n) is 2.77. The van der Waals surface area contributed by atoms with Crippen LogP contribution in [0.15, 0.2) is 29.1 Å². The molecule has 1 fully saturated rings. The number of aromatic amines is 1. The number of fused-ring (bicyclic) bond motifs is 1.